The third-order valence-corrected chi connectivity index (χ3v) is 8.12. The Morgan fingerprint density at radius 1 is 1.07 bits per heavy atom. The molecule has 0 aliphatic carbocycles. The van der Waals surface area contributed by atoms with Crippen LogP contribution in [0.1, 0.15) is 49.5 Å². The smallest absolute Gasteiger partial charge is 0.416 e. The van der Waals surface area contributed by atoms with Crippen LogP contribution in [0.15, 0.2) is 42.5 Å². The number of halogens is 4. The van der Waals surface area contributed by atoms with Gasteiger partial charge >= 0.3 is 6.18 Å². The molecular formula is C29H34F4N4O4. The molecular weight excluding hydrogens is 544 g/mol. The van der Waals surface area contributed by atoms with E-state index < -0.39 is 52.4 Å². The number of nitrogens with one attached hydrogen (secondary N) is 1. The molecule has 0 bridgehead atoms. The summed E-state index contributed by atoms with van der Waals surface area (Å²) in [4.78, 5) is 45.2. The Morgan fingerprint density at radius 2 is 1.68 bits per heavy atom. The average Bonchev–Trinajstić information content (AvgIpc) is 3.11. The number of hydrogen-bond acceptors (Lipinski definition) is 5. The van der Waals surface area contributed by atoms with Crippen LogP contribution in [0.25, 0.3) is 0 Å². The first-order chi connectivity index (χ1) is 19.2. The minimum Gasteiger partial charge on any atom is -0.497 e. The van der Waals surface area contributed by atoms with E-state index in [9.17, 15) is 31.9 Å². The Hall–Kier alpha value is -3.83. The largest absolute Gasteiger partial charge is 0.497 e. The lowest BCUT2D eigenvalue weighted by atomic mass is 9.84. The average molecular weight is 579 g/mol. The maximum Gasteiger partial charge on any atom is 0.416 e. The summed E-state index contributed by atoms with van der Waals surface area (Å²) in [5, 5.41) is 2.44. The van der Waals surface area contributed by atoms with Crippen molar-refractivity contribution in [2.45, 2.75) is 57.5 Å². The highest BCUT2D eigenvalue weighted by Crippen LogP contribution is 2.42. The number of likely N-dealkylation sites (tertiary alicyclic amines) is 1. The van der Waals surface area contributed by atoms with E-state index in [4.69, 9.17) is 4.74 Å². The molecule has 1 spiro atoms. The van der Waals surface area contributed by atoms with E-state index in [1.54, 1.807) is 37.8 Å². The molecule has 2 aliphatic heterocycles. The molecule has 3 amide bonds. The summed E-state index contributed by atoms with van der Waals surface area (Å²) < 4.78 is 59.0. The molecule has 2 saturated heterocycles. The number of anilines is 1. The quantitative estimate of drug-likeness (QED) is 0.518. The molecule has 8 nitrogen and oxygen atoms in total. The van der Waals surface area contributed by atoms with Crippen LogP contribution in [0.2, 0.25) is 0 Å². The first-order valence-electron chi connectivity index (χ1n) is 13.4. The standard InChI is InChI=1S/C29H34F4N4O4/c1-17(2)24(34-25(38)22-16-19(29(31,32)33)6-11-23(22)30)26(39)36-14-12-28(13-15-36)27(40)35(4)18(3)37(28)20-7-9-21(41-5)10-8-20/h6-11,16-18,24H,12-15H2,1-5H3,(H,34,38). The van der Waals surface area contributed by atoms with Gasteiger partial charge in [0.1, 0.15) is 29.3 Å². The van der Waals surface area contributed by atoms with Crippen LogP contribution in [0.4, 0.5) is 23.2 Å². The molecule has 41 heavy (non-hydrogen) atoms. The van der Waals surface area contributed by atoms with E-state index in [1.165, 1.54) is 0 Å². The van der Waals surface area contributed by atoms with Crippen LogP contribution in [-0.4, -0.2) is 72.5 Å². The zero-order valence-electron chi connectivity index (χ0n) is 23.6. The fourth-order valence-corrected chi connectivity index (χ4v) is 5.69. The monoisotopic (exact) mass is 578 g/mol. The Kier molecular flexibility index (Phi) is 8.24. The number of ether oxygens (including phenoxy) is 1. The number of benzene rings is 2. The van der Waals surface area contributed by atoms with Crippen LogP contribution in [0.5, 0.6) is 5.75 Å². The van der Waals surface area contributed by atoms with Crippen molar-refractivity contribution in [1.29, 1.82) is 0 Å². The van der Waals surface area contributed by atoms with Gasteiger partial charge < -0.3 is 24.8 Å². The SMILES string of the molecule is COc1ccc(N2C(C)N(C)C(=O)C23CCN(C(=O)C(NC(=O)c2cc(C(F)(F)F)ccc2F)C(C)C)CC3)cc1. The van der Waals surface area contributed by atoms with Crippen LogP contribution >= 0.6 is 0 Å². The minimum absolute atomic E-state index is 0.0540. The van der Waals surface area contributed by atoms with Crippen molar-refractivity contribution in [2.75, 3.05) is 32.1 Å². The van der Waals surface area contributed by atoms with Crippen molar-refractivity contribution in [1.82, 2.24) is 15.1 Å². The van der Waals surface area contributed by atoms with Crippen molar-refractivity contribution in [3.05, 3.63) is 59.4 Å². The third kappa shape index (κ3) is 5.56. The lowest BCUT2D eigenvalue weighted by Gasteiger charge is -2.45. The van der Waals surface area contributed by atoms with Gasteiger partial charge in [-0.25, -0.2) is 4.39 Å². The van der Waals surface area contributed by atoms with E-state index in [0.29, 0.717) is 36.8 Å². The maximum atomic E-state index is 14.3. The predicted octanol–water partition coefficient (Wildman–Crippen LogP) is 4.29. The number of nitrogens with zero attached hydrogens (tertiary/aromatic N) is 3. The molecule has 2 aromatic rings. The summed E-state index contributed by atoms with van der Waals surface area (Å²) in [6, 6.07) is 7.88. The van der Waals surface area contributed by atoms with Gasteiger partial charge in [0.2, 0.25) is 11.8 Å². The van der Waals surface area contributed by atoms with Gasteiger partial charge in [-0.05, 0) is 68.1 Å². The predicted molar refractivity (Wildman–Crippen MR) is 144 cm³/mol. The third-order valence-electron chi connectivity index (χ3n) is 8.12. The van der Waals surface area contributed by atoms with Crippen molar-refractivity contribution >= 4 is 23.4 Å². The van der Waals surface area contributed by atoms with Gasteiger partial charge in [-0.3, -0.25) is 14.4 Å². The second-order valence-corrected chi connectivity index (χ2v) is 10.9. The number of rotatable bonds is 6. The normalized spacial score (nSPS) is 19.6. The molecule has 2 aromatic carbocycles. The lowest BCUT2D eigenvalue weighted by molar-refractivity contribution is -0.140. The minimum atomic E-state index is -4.76. The zero-order chi connectivity index (χ0) is 30.3. The summed E-state index contributed by atoms with van der Waals surface area (Å²) in [7, 11) is 3.31. The fourth-order valence-electron chi connectivity index (χ4n) is 5.69. The number of carbonyl (C=O) groups excluding carboxylic acids is 3. The first-order valence-corrected chi connectivity index (χ1v) is 13.4. The highest BCUT2D eigenvalue weighted by atomic mass is 19.4. The van der Waals surface area contributed by atoms with Gasteiger partial charge in [-0.2, -0.15) is 13.2 Å². The fraction of sp³-hybridized carbons (Fsp3) is 0.483. The summed E-state index contributed by atoms with van der Waals surface area (Å²) in [5.74, 6) is -2.49. The van der Waals surface area contributed by atoms with Gasteiger partial charge in [0.05, 0.1) is 18.2 Å². The van der Waals surface area contributed by atoms with Crippen LogP contribution in [0, 0.1) is 11.7 Å². The van der Waals surface area contributed by atoms with Gasteiger partial charge in [0, 0.05) is 25.8 Å². The highest BCUT2D eigenvalue weighted by Gasteiger charge is 2.56. The number of methoxy groups -OCH3 is 1. The molecule has 2 fully saturated rings. The number of piperidine rings is 1. The molecule has 0 radical (unpaired) electrons. The van der Waals surface area contributed by atoms with E-state index in [-0.39, 0.29) is 25.2 Å². The summed E-state index contributed by atoms with van der Waals surface area (Å²) in [6.45, 7) is 5.73. The molecule has 4 rings (SSSR count). The summed E-state index contributed by atoms with van der Waals surface area (Å²) in [6.07, 6.45) is -4.33. The van der Waals surface area contributed by atoms with Crippen molar-refractivity contribution in [3.63, 3.8) is 0 Å². The zero-order valence-corrected chi connectivity index (χ0v) is 23.6. The van der Waals surface area contributed by atoms with Crippen molar-refractivity contribution in [2.24, 2.45) is 5.92 Å². The van der Waals surface area contributed by atoms with E-state index in [1.807, 2.05) is 31.2 Å². The molecule has 12 heteroatoms. The number of likely N-dealkylation sites (N-methyl/N-ethyl adjacent to an activating group) is 1. The van der Waals surface area contributed by atoms with Crippen LogP contribution < -0.4 is 15.0 Å². The van der Waals surface area contributed by atoms with Crippen LogP contribution in [-0.2, 0) is 15.8 Å². The number of alkyl halides is 3. The molecule has 222 valence electrons. The van der Waals surface area contributed by atoms with Crippen molar-refractivity contribution in [3.8, 4) is 5.75 Å². The Labute approximate surface area is 236 Å². The Balaban J connectivity index is 1.52. The molecule has 2 unspecified atom stereocenters. The molecule has 2 atom stereocenters. The number of carbonyl (C=O) groups is 3. The molecule has 0 aromatic heterocycles. The van der Waals surface area contributed by atoms with Gasteiger partial charge in [0.15, 0.2) is 0 Å². The van der Waals surface area contributed by atoms with Gasteiger partial charge in [-0.1, -0.05) is 13.8 Å². The molecule has 0 saturated carbocycles. The number of amides is 3. The summed E-state index contributed by atoms with van der Waals surface area (Å²) >= 11 is 0. The maximum absolute atomic E-state index is 14.3. The summed E-state index contributed by atoms with van der Waals surface area (Å²) in [5.41, 5.74) is -2.00. The van der Waals surface area contributed by atoms with E-state index >= 15 is 0 Å². The first kappa shape index (κ1) is 30.1. The molecule has 1 N–H and O–H groups in total. The molecule has 2 aliphatic rings. The van der Waals surface area contributed by atoms with Crippen molar-refractivity contribution < 1.29 is 36.7 Å². The Morgan fingerprint density at radius 3 is 2.22 bits per heavy atom. The van der Waals surface area contributed by atoms with Gasteiger partial charge in [-0.15, -0.1) is 0 Å². The topological polar surface area (TPSA) is 82.2 Å². The van der Waals surface area contributed by atoms with Gasteiger partial charge in [0.25, 0.3) is 5.91 Å². The Bertz CT molecular complexity index is 1310. The lowest BCUT2D eigenvalue weighted by Crippen LogP contribution is -2.60. The molecule has 2 heterocycles. The van der Waals surface area contributed by atoms with E-state index in [0.717, 1.165) is 5.69 Å². The second kappa shape index (κ2) is 11.2. The highest BCUT2D eigenvalue weighted by molar-refractivity contribution is 5.98. The second-order valence-electron chi connectivity index (χ2n) is 10.9. The van der Waals surface area contributed by atoms with E-state index in [2.05, 4.69) is 10.2 Å². The number of hydrogen-bond donors (Lipinski definition) is 1. The van der Waals surface area contributed by atoms with Crippen LogP contribution in [0.3, 0.4) is 0 Å².